The lowest BCUT2D eigenvalue weighted by Crippen LogP contribution is -2.03. The van der Waals surface area contributed by atoms with Crippen LogP contribution in [0.2, 0.25) is 0 Å². The molecule has 0 aliphatic rings. The van der Waals surface area contributed by atoms with Crippen LogP contribution >= 0.6 is 27.5 Å². The molecule has 0 unspecified atom stereocenters. The van der Waals surface area contributed by atoms with Gasteiger partial charge in [0.15, 0.2) is 11.2 Å². The fourth-order valence-corrected chi connectivity index (χ4v) is 2.78. The van der Waals surface area contributed by atoms with Gasteiger partial charge in [0.2, 0.25) is 5.88 Å². The minimum atomic E-state index is 0.269. The molecule has 0 saturated heterocycles. The molecule has 0 aliphatic carbocycles. The van der Waals surface area contributed by atoms with E-state index in [4.69, 9.17) is 16.3 Å². The van der Waals surface area contributed by atoms with Crippen molar-refractivity contribution in [3.8, 4) is 11.6 Å². The predicted octanol–water partition coefficient (Wildman–Crippen LogP) is 3.63. The van der Waals surface area contributed by atoms with E-state index in [-0.39, 0.29) is 5.88 Å². The molecule has 0 aliphatic heterocycles. The van der Waals surface area contributed by atoms with Crippen LogP contribution in [0.15, 0.2) is 29.0 Å². The zero-order valence-corrected chi connectivity index (χ0v) is 13.8. The molecule has 0 saturated carbocycles. The molecule has 2 aromatic heterocycles. The number of alkyl halides is 1. The number of nitrogens with zero attached hydrogens (tertiary/aromatic N) is 4. The van der Waals surface area contributed by atoms with Gasteiger partial charge < -0.3 is 4.74 Å². The SMILES string of the molecule is COc1ncnc2c1nc(CCl)n2-c1cccc(Br)c1C. The maximum atomic E-state index is 6.06. The number of halogens is 2. The summed E-state index contributed by atoms with van der Waals surface area (Å²) in [6.07, 6.45) is 1.46. The van der Waals surface area contributed by atoms with E-state index in [2.05, 4.69) is 30.9 Å². The zero-order chi connectivity index (χ0) is 15.0. The summed E-state index contributed by atoms with van der Waals surface area (Å²) in [5.41, 5.74) is 3.35. The topological polar surface area (TPSA) is 52.8 Å². The highest BCUT2D eigenvalue weighted by Gasteiger charge is 2.18. The standard InChI is InChI=1S/C14H12BrClN4O/c1-8-9(15)4-3-5-10(8)20-11(6-16)19-12-13(20)17-7-18-14(12)21-2/h3-5,7H,6H2,1-2H3. The van der Waals surface area contributed by atoms with Gasteiger partial charge in [0.25, 0.3) is 0 Å². The van der Waals surface area contributed by atoms with Crippen LogP contribution in [0.3, 0.4) is 0 Å². The average Bonchev–Trinajstić information content (AvgIpc) is 2.88. The lowest BCUT2D eigenvalue weighted by Gasteiger charge is -2.11. The van der Waals surface area contributed by atoms with Crippen LogP contribution in [-0.2, 0) is 5.88 Å². The summed E-state index contributed by atoms with van der Waals surface area (Å²) in [5, 5.41) is 0. The molecule has 0 fully saturated rings. The maximum Gasteiger partial charge on any atom is 0.245 e. The highest BCUT2D eigenvalue weighted by Crippen LogP contribution is 2.29. The molecule has 0 atom stereocenters. The lowest BCUT2D eigenvalue weighted by atomic mass is 10.2. The summed E-state index contributed by atoms with van der Waals surface area (Å²) in [6.45, 7) is 2.03. The number of methoxy groups -OCH3 is 1. The van der Waals surface area contributed by atoms with E-state index in [0.29, 0.717) is 22.9 Å². The molecule has 0 amide bonds. The third-order valence-electron chi connectivity index (χ3n) is 3.27. The zero-order valence-electron chi connectivity index (χ0n) is 11.5. The van der Waals surface area contributed by atoms with Gasteiger partial charge in [0.1, 0.15) is 12.2 Å². The Morgan fingerprint density at radius 2 is 2.14 bits per heavy atom. The van der Waals surface area contributed by atoms with Gasteiger partial charge in [-0.1, -0.05) is 22.0 Å². The van der Waals surface area contributed by atoms with Gasteiger partial charge in [-0.25, -0.2) is 9.97 Å². The lowest BCUT2D eigenvalue weighted by molar-refractivity contribution is 0.401. The molecule has 21 heavy (non-hydrogen) atoms. The van der Waals surface area contributed by atoms with Crippen molar-refractivity contribution in [3.63, 3.8) is 0 Å². The maximum absolute atomic E-state index is 6.06. The molecule has 0 spiro atoms. The molecule has 2 heterocycles. The minimum absolute atomic E-state index is 0.269. The number of fused-ring (bicyclic) bond motifs is 1. The van der Waals surface area contributed by atoms with Crippen molar-refractivity contribution in [1.29, 1.82) is 0 Å². The molecular weight excluding hydrogens is 356 g/mol. The fourth-order valence-electron chi connectivity index (χ4n) is 2.25. The van der Waals surface area contributed by atoms with Gasteiger partial charge in [-0.05, 0) is 24.6 Å². The molecule has 7 heteroatoms. The van der Waals surface area contributed by atoms with Crippen LogP contribution in [-0.4, -0.2) is 26.6 Å². The highest BCUT2D eigenvalue weighted by molar-refractivity contribution is 9.10. The van der Waals surface area contributed by atoms with Crippen LogP contribution in [0, 0.1) is 6.92 Å². The third-order valence-corrected chi connectivity index (χ3v) is 4.37. The first kappa shape index (κ1) is 14.3. The first-order valence-corrected chi connectivity index (χ1v) is 7.58. The average molecular weight is 368 g/mol. The Labute approximate surface area is 135 Å². The van der Waals surface area contributed by atoms with Gasteiger partial charge in [0.05, 0.1) is 18.7 Å². The summed E-state index contributed by atoms with van der Waals surface area (Å²) in [5.74, 6) is 1.41. The van der Waals surface area contributed by atoms with Crippen molar-refractivity contribution in [3.05, 3.63) is 40.4 Å². The quantitative estimate of drug-likeness (QED) is 0.663. The first-order valence-electron chi connectivity index (χ1n) is 6.25. The Bertz CT molecular complexity index is 818. The highest BCUT2D eigenvalue weighted by atomic mass is 79.9. The number of imidazole rings is 1. The van der Waals surface area contributed by atoms with Crippen LogP contribution in [0.4, 0.5) is 0 Å². The van der Waals surface area contributed by atoms with E-state index in [1.54, 1.807) is 7.11 Å². The van der Waals surface area contributed by atoms with Crippen LogP contribution in [0.1, 0.15) is 11.4 Å². The van der Waals surface area contributed by atoms with Crippen molar-refractivity contribution in [2.24, 2.45) is 0 Å². The molecule has 0 radical (unpaired) electrons. The Hall–Kier alpha value is -1.66. The van der Waals surface area contributed by atoms with E-state index in [1.165, 1.54) is 6.33 Å². The van der Waals surface area contributed by atoms with E-state index in [9.17, 15) is 0 Å². The number of aromatic nitrogens is 4. The molecule has 0 bridgehead atoms. The second-order valence-electron chi connectivity index (χ2n) is 4.44. The minimum Gasteiger partial charge on any atom is -0.479 e. The van der Waals surface area contributed by atoms with Crippen molar-refractivity contribution in [2.45, 2.75) is 12.8 Å². The van der Waals surface area contributed by atoms with Gasteiger partial charge in [0, 0.05) is 4.47 Å². The van der Waals surface area contributed by atoms with E-state index < -0.39 is 0 Å². The van der Waals surface area contributed by atoms with Crippen LogP contribution in [0.5, 0.6) is 5.88 Å². The monoisotopic (exact) mass is 366 g/mol. The van der Waals surface area contributed by atoms with E-state index >= 15 is 0 Å². The molecule has 1 aromatic carbocycles. The molecular formula is C14H12BrClN4O. The molecule has 108 valence electrons. The van der Waals surface area contributed by atoms with Crippen molar-refractivity contribution < 1.29 is 4.74 Å². The van der Waals surface area contributed by atoms with Crippen molar-refractivity contribution in [2.75, 3.05) is 7.11 Å². The predicted molar refractivity (Wildman–Crippen MR) is 85.2 cm³/mol. The Morgan fingerprint density at radius 1 is 1.33 bits per heavy atom. The normalized spacial score (nSPS) is 11.0. The van der Waals surface area contributed by atoms with Gasteiger partial charge in [-0.15, -0.1) is 11.6 Å². The summed E-state index contributed by atoms with van der Waals surface area (Å²) >= 11 is 9.60. The number of rotatable bonds is 3. The van der Waals surface area contributed by atoms with Gasteiger partial charge in [-0.3, -0.25) is 4.57 Å². The van der Waals surface area contributed by atoms with Crippen LogP contribution in [0.25, 0.3) is 16.9 Å². The second kappa shape index (κ2) is 5.61. The van der Waals surface area contributed by atoms with Gasteiger partial charge >= 0.3 is 0 Å². The first-order chi connectivity index (χ1) is 10.2. The third kappa shape index (κ3) is 2.28. The molecule has 3 aromatic rings. The smallest absolute Gasteiger partial charge is 0.245 e. The number of hydrogen-bond acceptors (Lipinski definition) is 4. The van der Waals surface area contributed by atoms with E-state index in [0.717, 1.165) is 15.7 Å². The fraction of sp³-hybridized carbons (Fsp3) is 0.214. The van der Waals surface area contributed by atoms with E-state index in [1.807, 2.05) is 29.7 Å². The molecule has 0 N–H and O–H groups in total. The second-order valence-corrected chi connectivity index (χ2v) is 5.56. The summed E-state index contributed by atoms with van der Waals surface area (Å²) in [4.78, 5) is 12.9. The van der Waals surface area contributed by atoms with Crippen LogP contribution < -0.4 is 4.74 Å². The largest absolute Gasteiger partial charge is 0.479 e. The Kier molecular flexibility index (Phi) is 3.82. The molecule has 3 rings (SSSR count). The summed E-state index contributed by atoms with van der Waals surface area (Å²) < 4.78 is 8.21. The Balaban J connectivity index is 2.38. The number of hydrogen-bond donors (Lipinski definition) is 0. The summed E-state index contributed by atoms with van der Waals surface area (Å²) in [6, 6.07) is 5.97. The number of ether oxygens (including phenoxy) is 1. The summed E-state index contributed by atoms with van der Waals surface area (Å²) in [7, 11) is 1.56. The Morgan fingerprint density at radius 3 is 2.86 bits per heavy atom. The number of benzene rings is 1. The van der Waals surface area contributed by atoms with Crippen molar-refractivity contribution >= 4 is 38.7 Å². The van der Waals surface area contributed by atoms with Crippen molar-refractivity contribution in [1.82, 2.24) is 19.5 Å². The molecule has 5 nitrogen and oxygen atoms in total. The van der Waals surface area contributed by atoms with Gasteiger partial charge in [-0.2, -0.15) is 4.98 Å².